The van der Waals surface area contributed by atoms with Crippen molar-refractivity contribution in [1.82, 2.24) is 5.32 Å². The van der Waals surface area contributed by atoms with Crippen LogP contribution in [0.15, 0.2) is 29.6 Å². The van der Waals surface area contributed by atoms with E-state index in [1.807, 2.05) is 43.5 Å². The summed E-state index contributed by atoms with van der Waals surface area (Å²) in [6.07, 6.45) is 0.605. The Labute approximate surface area is 124 Å². The molecule has 0 aliphatic heterocycles. The van der Waals surface area contributed by atoms with Gasteiger partial charge in [0, 0.05) is 16.4 Å². The molecule has 6 heteroatoms. The maximum absolute atomic E-state index is 12.0. The lowest BCUT2D eigenvalue weighted by Crippen LogP contribution is -2.26. The van der Waals surface area contributed by atoms with E-state index in [1.165, 1.54) is 0 Å². The van der Waals surface area contributed by atoms with Gasteiger partial charge in [-0.25, -0.2) is 8.42 Å². The Morgan fingerprint density at radius 3 is 2.80 bits per heavy atom. The molecule has 2 aromatic rings. The van der Waals surface area contributed by atoms with Gasteiger partial charge in [0.15, 0.2) is 0 Å². The number of sulfonamides is 1. The summed E-state index contributed by atoms with van der Waals surface area (Å²) >= 11 is 1.65. The van der Waals surface area contributed by atoms with E-state index in [2.05, 4.69) is 10.0 Å². The zero-order valence-electron chi connectivity index (χ0n) is 11.7. The van der Waals surface area contributed by atoms with Gasteiger partial charge in [-0.2, -0.15) is 0 Å². The van der Waals surface area contributed by atoms with Crippen molar-refractivity contribution in [2.45, 2.75) is 26.3 Å². The number of rotatable bonds is 7. The molecule has 1 heterocycles. The van der Waals surface area contributed by atoms with Crippen molar-refractivity contribution < 1.29 is 8.42 Å². The monoisotopic (exact) mass is 312 g/mol. The maximum Gasteiger partial charge on any atom is 0.232 e. The molecule has 2 rings (SSSR count). The highest BCUT2D eigenvalue weighted by Crippen LogP contribution is 2.24. The quantitative estimate of drug-likeness (QED) is 0.773. The molecule has 0 saturated heterocycles. The summed E-state index contributed by atoms with van der Waals surface area (Å²) in [4.78, 5) is 0. The van der Waals surface area contributed by atoms with Gasteiger partial charge in [-0.1, -0.05) is 13.8 Å². The maximum atomic E-state index is 12.0. The van der Waals surface area contributed by atoms with Crippen molar-refractivity contribution in [3.05, 3.63) is 29.6 Å². The molecule has 1 aromatic carbocycles. The fourth-order valence-electron chi connectivity index (χ4n) is 1.91. The molecule has 0 amide bonds. The fraction of sp³-hybridized carbons (Fsp3) is 0.429. The summed E-state index contributed by atoms with van der Waals surface area (Å²) in [6.45, 7) is 4.80. The van der Waals surface area contributed by atoms with Crippen LogP contribution in [0.2, 0.25) is 0 Å². The predicted molar refractivity (Wildman–Crippen MR) is 87.0 cm³/mol. The largest absolute Gasteiger partial charge is 0.314 e. The second-order valence-electron chi connectivity index (χ2n) is 5.06. The van der Waals surface area contributed by atoms with Crippen molar-refractivity contribution in [2.75, 3.05) is 17.0 Å². The van der Waals surface area contributed by atoms with Gasteiger partial charge >= 0.3 is 0 Å². The molecule has 1 aromatic heterocycles. The molecule has 0 aliphatic rings. The van der Waals surface area contributed by atoms with Gasteiger partial charge in [0.1, 0.15) is 0 Å². The Morgan fingerprint density at radius 1 is 1.25 bits per heavy atom. The number of fused-ring (bicyclic) bond motifs is 1. The number of hydrogen-bond donors (Lipinski definition) is 2. The van der Waals surface area contributed by atoms with Gasteiger partial charge in [-0.3, -0.25) is 4.72 Å². The van der Waals surface area contributed by atoms with Gasteiger partial charge < -0.3 is 5.32 Å². The molecule has 0 fully saturated rings. The van der Waals surface area contributed by atoms with E-state index >= 15 is 0 Å². The second kappa shape index (κ2) is 6.56. The minimum atomic E-state index is -3.27. The lowest BCUT2D eigenvalue weighted by molar-refractivity contribution is 0.571. The summed E-state index contributed by atoms with van der Waals surface area (Å²) in [7, 11) is -3.27. The topological polar surface area (TPSA) is 58.2 Å². The highest BCUT2D eigenvalue weighted by atomic mass is 32.2. The molecule has 0 atom stereocenters. The summed E-state index contributed by atoms with van der Waals surface area (Å²) in [6, 6.07) is 7.99. The third-order valence-corrected chi connectivity index (χ3v) is 5.14. The molecule has 20 heavy (non-hydrogen) atoms. The first-order chi connectivity index (χ1) is 9.46. The van der Waals surface area contributed by atoms with Crippen LogP contribution in [0, 0.1) is 0 Å². The molecular formula is C14H20N2O2S2. The Balaban J connectivity index is 1.93. The summed E-state index contributed by atoms with van der Waals surface area (Å²) in [5.74, 6) is 0.133. The van der Waals surface area contributed by atoms with Crippen LogP contribution in [0.5, 0.6) is 0 Å². The normalized spacial score (nSPS) is 12.2. The van der Waals surface area contributed by atoms with Crippen molar-refractivity contribution in [2.24, 2.45) is 0 Å². The predicted octanol–water partition coefficient (Wildman–Crippen LogP) is 3.03. The number of hydrogen-bond acceptors (Lipinski definition) is 4. The highest BCUT2D eigenvalue weighted by Gasteiger charge is 2.10. The van der Waals surface area contributed by atoms with Gasteiger partial charge in [-0.15, -0.1) is 11.3 Å². The summed E-state index contributed by atoms with van der Waals surface area (Å²) in [5, 5.41) is 6.28. The van der Waals surface area contributed by atoms with Crippen LogP contribution in [-0.2, 0) is 10.0 Å². The average molecular weight is 312 g/mol. The molecule has 0 spiro atoms. The van der Waals surface area contributed by atoms with Crippen LogP contribution in [0.25, 0.3) is 10.1 Å². The molecule has 0 aliphatic carbocycles. The van der Waals surface area contributed by atoms with Gasteiger partial charge in [0.05, 0.1) is 5.75 Å². The highest BCUT2D eigenvalue weighted by molar-refractivity contribution is 7.92. The lowest BCUT2D eigenvalue weighted by atomic mass is 10.2. The Hall–Kier alpha value is -1.11. The molecule has 0 bridgehead atoms. The first-order valence-corrected chi connectivity index (χ1v) is 9.20. The van der Waals surface area contributed by atoms with Crippen LogP contribution >= 0.6 is 11.3 Å². The van der Waals surface area contributed by atoms with Gasteiger partial charge in [-0.05, 0) is 48.0 Å². The lowest BCUT2D eigenvalue weighted by Gasteiger charge is -2.10. The van der Waals surface area contributed by atoms with Crippen molar-refractivity contribution in [3.63, 3.8) is 0 Å². The van der Waals surface area contributed by atoms with Gasteiger partial charge in [0.2, 0.25) is 10.0 Å². The van der Waals surface area contributed by atoms with E-state index in [0.29, 0.717) is 24.7 Å². The SMILES string of the molecule is CC(C)NCCCS(=O)(=O)Nc1ccc2sccc2c1. The van der Waals surface area contributed by atoms with Crippen LogP contribution in [0.1, 0.15) is 20.3 Å². The Kier molecular flexibility index (Phi) is 5.01. The zero-order valence-corrected chi connectivity index (χ0v) is 13.4. The van der Waals surface area contributed by atoms with E-state index in [4.69, 9.17) is 0 Å². The summed E-state index contributed by atoms with van der Waals surface area (Å²) < 4.78 is 27.8. The van der Waals surface area contributed by atoms with Crippen LogP contribution in [-0.4, -0.2) is 26.8 Å². The molecular weight excluding hydrogens is 292 g/mol. The number of nitrogens with one attached hydrogen (secondary N) is 2. The van der Waals surface area contributed by atoms with E-state index in [-0.39, 0.29) is 5.75 Å². The molecule has 0 saturated carbocycles. The van der Waals surface area contributed by atoms with Crippen molar-refractivity contribution in [1.29, 1.82) is 0 Å². The number of thiophene rings is 1. The zero-order chi connectivity index (χ0) is 14.6. The van der Waals surface area contributed by atoms with Crippen LogP contribution in [0.3, 0.4) is 0 Å². The van der Waals surface area contributed by atoms with E-state index < -0.39 is 10.0 Å². The number of anilines is 1. The van der Waals surface area contributed by atoms with Crippen molar-refractivity contribution >= 4 is 37.1 Å². The minimum Gasteiger partial charge on any atom is -0.314 e. The van der Waals surface area contributed by atoms with E-state index in [1.54, 1.807) is 11.3 Å². The van der Waals surface area contributed by atoms with E-state index in [9.17, 15) is 8.42 Å². The van der Waals surface area contributed by atoms with E-state index in [0.717, 1.165) is 10.1 Å². The Bertz CT molecular complexity index is 663. The first kappa shape index (κ1) is 15.3. The van der Waals surface area contributed by atoms with Gasteiger partial charge in [0.25, 0.3) is 0 Å². The summed E-state index contributed by atoms with van der Waals surface area (Å²) in [5.41, 5.74) is 0.632. The fourth-order valence-corrected chi connectivity index (χ4v) is 3.80. The van der Waals surface area contributed by atoms with Crippen LogP contribution in [0.4, 0.5) is 5.69 Å². The second-order valence-corrected chi connectivity index (χ2v) is 7.85. The molecule has 4 nitrogen and oxygen atoms in total. The minimum absolute atomic E-state index is 0.133. The smallest absolute Gasteiger partial charge is 0.232 e. The Morgan fingerprint density at radius 2 is 2.05 bits per heavy atom. The van der Waals surface area contributed by atoms with Crippen LogP contribution < -0.4 is 10.0 Å². The molecule has 110 valence electrons. The molecule has 0 unspecified atom stereocenters. The average Bonchev–Trinajstić information content (AvgIpc) is 2.81. The molecule has 2 N–H and O–H groups in total. The third-order valence-electron chi connectivity index (χ3n) is 2.87. The first-order valence-electron chi connectivity index (χ1n) is 6.67. The van der Waals surface area contributed by atoms with Crippen molar-refractivity contribution in [3.8, 4) is 0 Å². The number of benzene rings is 1. The molecule has 0 radical (unpaired) electrons. The third kappa shape index (κ3) is 4.47. The standard InChI is InChI=1S/C14H20N2O2S2/c1-11(2)15-7-3-9-20(17,18)16-13-4-5-14-12(10-13)6-8-19-14/h4-6,8,10-11,15-16H,3,7,9H2,1-2H3.